The molecule has 2 nitrogen and oxygen atoms in total. The highest BCUT2D eigenvalue weighted by molar-refractivity contribution is 5.33. The molecule has 0 fully saturated rings. The molecule has 1 aromatic carbocycles. The molecular weight excluding hydrogens is 176 g/mol. The molecule has 0 aliphatic heterocycles. The molecule has 0 aromatic heterocycles. The second-order valence-corrected chi connectivity index (χ2v) is 3.28. The Morgan fingerprint density at radius 1 is 1.29 bits per heavy atom. The molecule has 0 unspecified atom stereocenters. The van der Waals surface area contributed by atoms with Crippen molar-refractivity contribution in [3.05, 3.63) is 29.8 Å². The Bertz CT molecular complexity index is 231. The lowest BCUT2D eigenvalue weighted by Crippen LogP contribution is -2.03. The fraction of sp³-hybridized carbons (Fsp3) is 0.500. The van der Waals surface area contributed by atoms with Crippen molar-refractivity contribution in [1.82, 2.24) is 0 Å². The number of benzene rings is 1. The average Bonchev–Trinajstić information content (AvgIpc) is 2.24. The van der Waals surface area contributed by atoms with Gasteiger partial charge in [0.15, 0.2) is 0 Å². The maximum absolute atomic E-state index is 8.67. The van der Waals surface area contributed by atoms with E-state index in [-0.39, 0.29) is 6.61 Å². The number of rotatable bonds is 6. The summed E-state index contributed by atoms with van der Waals surface area (Å²) in [7, 11) is 0. The van der Waals surface area contributed by atoms with Crippen LogP contribution in [0.25, 0.3) is 0 Å². The monoisotopic (exact) mass is 194 g/mol. The van der Waals surface area contributed by atoms with Crippen LogP contribution < -0.4 is 4.74 Å². The molecule has 1 rings (SSSR count). The van der Waals surface area contributed by atoms with Gasteiger partial charge in [0.2, 0.25) is 0 Å². The van der Waals surface area contributed by atoms with Crippen LogP contribution in [0.2, 0.25) is 0 Å². The number of aliphatic hydroxyl groups is 1. The zero-order valence-electron chi connectivity index (χ0n) is 8.70. The van der Waals surface area contributed by atoms with Gasteiger partial charge in [-0.15, -0.1) is 0 Å². The highest BCUT2D eigenvalue weighted by Gasteiger charge is 2.01. The van der Waals surface area contributed by atoms with Crippen molar-refractivity contribution in [3.63, 3.8) is 0 Å². The summed E-state index contributed by atoms with van der Waals surface area (Å²) in [6.45, 7) is 2.63. The van der Waals surface area contributed by atoms with Gasteiger partial charge in [0.1, 0.15) is 12.4 Å². The summed E-state index contributed by atoms with van der Waals surface area (Å²) in [5.41, 5.74) is 1.24. The Labute approximate surface area is 85.5 Å². The zero-order valence-corrected chi connectivity index (χ0v) is 8.70. The van der Waals surface area contributed by atoms with Crippen molar-refractivity contribution in [2.24, 2.45) is 0 Å². The average molecular weight is 194 g/mol. The van der Waals surface area contributed by atoms with Gasteiger partial charge in [0.05, 0.1) is 6.61 Å². The smallest absolute Gasteiger partial charge is 0.122 e. The van der Waals surface area contributed by atoms with Gasteiger partial charge in [-0.05, 0) is 24.5 Å². The van der Waals surface area contributed by atoms with Gasteiger partial charge in [0.25, 0.3) is 0 Å². The van der Waals surface area contributed by atoms with Crippen LogP contribution in [-0.4, -0.2) is 18.3 Å². The number of unbranched alkanes of at least 4 members (excludes halogenated alkanes) is 1. The number of ether oxygens (including phenoxy) is 1. The van der Waals surface area contributed by atoms with Gasteiger partial charge in [0, 0.05) is 0 Å². The second kappa shape index (κ2) is 6.44. The topological polar surface area (TPSA) is 29.5 Å². The third-order valence-electron chi connectivity index (χ3n) is 2.12. The van der Waals surface area contributed by atoms with E-state index >= 15 is 0 Å². The van der Waals surface area contributed by atoms with Gasteiger partial charge in [-0.2, -0.15) is 0 Å². The van der Waals surface area contributed by atoms with Crippen molar-refractivity contribution in [3.8, 4) is 5.75 Å². The lowest BCUT2D eigenvalue weighted by atomic mass is 10.1. The van der Waals surface area contributed by atoms with Crippen LogP contribution in [0.3, 0.4) is 0 Å². The Balaban J connectivity index is 2.60. The lowest BCUT2D eigenvalue weighted by molar-refractivity contribution is 0.200. The van der Waals surface area contributed by atoms with Crippen LogP contribution in [0.1, 0.15) is 25.3 Å². The summed E-state index contributed by atoms with van der Waals surface area (Å²) >= 11 is 0. The molecule has 0 heterocycles. The van der Waals surface area contributed by atoms with Crippen LogP contribution >= 0.6 is 0 Å². The summed E-state index contributed by atoms with van der Waals surface area (Å²) < 4.78 is 5.43. The summed E-state index contributed by atoms with van der Waals surface area (Å²) in [6, 6.07) is 8.03. The molecule has 2 heteroatoms. The standard InChI is InChI=1S/C12H18O2/c1-2-3-6-11-7-4-5-8-12(11)14-10-9-13/h4-5,7-8,13H,2-3,6,9-10H2,1H3. The molecule has 0 aliphatic rings. The second-order valence-electron chi connectivity index (χ2n) is 3.28. The normalized spacial score (nSPS) is 10.1. The van der Waals surface area contributed by atoms with Crippen molar-refractivity contribution in [2.45, 2.75) is 26.2 Å². The predicted molar refractivity (Wildman–Crippen MR) is 57.6 cm³/mol. The molecule has 0 bridgehead atoms. The molecule has 1 aromatic rings. The minimum atomic E-state index is 0.0715. The van der Waals surface area contributed by atoms with Gasteiger partial charge < -0.3 is 9.84 Å². The fourth-order valence-corrected chi connectivity index (χ4v) is 1.37. The van der Waals surface area contributed by atoms with E-state index in [2.05, 4.69) is 13.0 Å². The number of hydrogen-bond acceptors (Lipinski definition) is 2. The molecular formula is C12H18O2. The fourth-order valence-electron chi connectivity index (χ4n) is 1.37. The van der Waals surface area contributed by atoms with Crippen molar-refractivity contribution >= 4 is 0 Å². The Morgan fingerprint density at radius 3 is 2.79 bits per heavy atom. The van der Waals surface area contributed by atoms with E-state index in [4.69, 9.17) is 9.84 Å². The van der Waals surface area contributed by atoms with Gasteiger partial charge >= 0.3 is 0 Å². The van der Waals surface area contributed by atoms with Crippen LogP contribution in [-0.2, 0) is 6.42 Å². The maximum atomic E-state index is 8.67. The molecule has 0 amide bonds. The minimum Gasteiger partial charge on any atom is -0.491 e. The first-order valence-corrected chi connectivity index (χ1v) is 5.20. The van der Waals surface area contributed by atoms with E-state index in [1.165, 1.54) is 18.4 Å². The van der Waals surface area contributed by atoms with E-state index in [9.17, 15) is 0 Å². The first-order valence-electron chi connectivity index (χ1n) is 5.20. The molecule has 0 atom stereocenters. The van der Waals surface area contributed by atoms with Crippen LogP contribution in [0.5, 0.6) is 5.75 Å². The maximum Gasteiger partial charge on any atom is 0.122 e. The zero-order chi connectivity index (χ0) is 10.2. The Kier molecular flexibility index (Phi) is 5.08. The minimum absolute atomic E-state index is 0.0715. The molecule has 0 saturated heterocycles. The van der Waals surface area contributed by atoms with Crippen molar-refractivity contribution in [2.75, 3.05) is 13.2 Å². The number of aliphatic hydroxyl groups excluding tert-OH is 1. The molecule has 14 heavy (non-hydrogen) atoms. The van der Waals surface area contributed by atoms with Crippen LogP contribution in [0.15, 0.2) is 24.3 Å². The highest BCUT2D eigenvalue weighted by atomic mass is 16.5. The van der Waals surface area contributed by atoms with Crippen LogP contribution in [0, 0.1) is 0 Å². The van der Waals surface area contributed by atoms with E-state index < -0.39 is 0 Å². The van der Waals surface area contributed by atoms with E-state index in [1.54, 1.807) is 0 Å². The summed E-state index contributed by atoms with van der Waals surface area (Å²) in [4.78, 5) is 0. The van der Waals surface area contributed by atoms with E-state index in [0.717, 1.165) is 12.2 Å². The first-order chi connectivity index (χ1) is 6.88. The molecule has 1 N–H and O–H groups in total. The summed E-state index contributed by atoms with van der Waals surface area (Å²) in [5, 5.41) is 8.67. The van der Waals surface area contributed by atoms with E-state index in [0.29, 0.717) is 6.61 Å². The Hall–Kier alpha value is -1.02. The van der Waals surface area contributed by atoms with Gasteiger partial charge in [-0.3, -0.25) is 0 Å². The molecule has 0 spiro atoms. The van der Waals surface area contributed by atoms with Gasteiger partial charge in [-0.1, -0.05) is 31.5 Å². The SMILES string of the molecule is CCCCc1ccccc1OCCO. The van der Waals surface area contributed by atoms with E-state index in [1.807, 2.05) is 18.2 Å². The molecule has 78 valence electrons. The summed E-state index contributed by atoms with van der Waals surface area (Å²) in [5.74, 6) is 0.912. The largest absolute Gasteiger partial charge is 0.491 e. The van der Waals surface area contributed by atoms with Gasteiger partial charge in [-0.25, -0.2) is 0 Å². The molecule has 0 aliphatic carbocycles. The van der Waals surface area contributed by atoms with Crippen molar-refractivity contribution < 1.29 is 9.84 Å². The molecule has 0 radical (unpaired) electrons. The third-order valence-corrected chi connectivity index (χ3v) is 2.12. The number of hydrogen-bond donors (Lipinski definition) is 1. The predicted octanol–water partition coefficient (Wildman–Crippen LogP) is 2.40. The van der Waals surface area contributed by atoms with Crippen molar-refractivity contribution in [1.29, 1.82) is 0 Å². The number of para-hydroxylation sites is 1. The lowest BCUT2D eigenvalue weighted by Gasteiger charge is -2.09. The first kappa shape index (κ1) is 11.1. The summed E-state index contributed by atoms with van der Waals surface area (Å²) in [6.07, 6.45) is 3.42. The Morgan fingerprint density at radius 2 is 2.07 bits per heavy atom. The number of aryl methyl sites for hydroxylation is 1. The third kappa shape index (κ3) is 3.38. The highest BCUT2D eigenvalue weighted by Crippen LogP contribution is 2.19. The quantitative estimate of drug-likeness (QED) is 0.753. The van der Waals surface area contributed by atoms with Crippen LogP contribution in [0.4, 0.5) is 0 Å². The molecule has 0 saturated carbocycles.